The number of aliphatic hydroxyl groups is 1. The van der Waals surface area contributed by atoms with Crippen molar-refractivity contribution in [2.24, 2.45) is 5.92 Å². The van der Waals surface area contributed by atoms with Crippen molar-refractivity contribution in [1.29, 1.82) is 0 Å². The smallest absolute Gasteiger partial charge is 0.0543 e. The predicted octanol–water partition coefficient (Wildman–Crippen LogP) is 3.45. The number of hydrogen-bond donors (Lipinski definition) is 2. The second-order valence-electron chi connectivity index (χ2n) is 6.83. The fourth-order valence-corrected chi connectivity index (χ4v) is 3.90. The Bertz CT molecular complexity index is 457. The number of nitrogens with one attached hydrogen (secondary N) is 1. The molecule has 1 saturated carbocycles. The average Bonchev–Trinajstić information content (AvgIpc) is 2.54. The molecule has 22 heavy (non-hydrogen) atoms. The van der Waals surface area contributed by atoms with Gasteiger partial charge >= 0.3 is 0 Å². The van der Waals surface area contributed by atoms with Crippen LogP contribution < -0.4 is 10.2 Å². The van der Waals surface area contributed by atoms with Gasteiger partial charge in [-0.15, -0.1) is 0 Å². The Hall–Kier alpha value is -0.770. The van der Waals surface area contributed by atoms with Crippen molar-refractivity contribution < 1.29 is 5.11 Å². The van der Waals surface area contributed by atoms with Gasteiger partial charge in [-0.3, -0.25) is 0 Å². The monoisotopic (exact) mass is 322 g/mol. The van der Waals surface area contributed by atoms with Crippen LogP contribution in [0.15, 0.2) is 24.3 Å². The lowest BCUT2D eigenvalue weighted by atomic mass is 9.87. The van der Waals surface area contributed by atoms with E-state index in [1.807, 2.05) is 12.1 Å². The molecule has 2 atom stereocenters. The molecule has 2 aliphatic rings. The number of benzene rings is 1. The first kappa shape index (κ1) is 16.1. The number of piperidine rings is 1. The van der Waals surface area contributed by atoms with Gasteiger partial charge in [0.25, 0.3) is 0 Å². The summed E-state index contributed by atoms with van der Waals surface area (Å²) in [5.41, 5.74) is 1.28. The molecule has 0 spiro atoms. The molecule has 1 aliphatic heterocycles. The second kappa shape index (κ2) is 7.67. The molecular weight excluding hydrogens is 296 g/mol. The summed E-state index contributed by atoms with van der Waals surface area (Å²) in [6, 6.07) is 8.78. The molecule has 0 bridgehead atoms. The highest BCUT2D eigenvalue weighted by molar-refractivity contribution is 6.30. The molecule has 2 N–H and O–H groups in total. The molecule has 3 nitrogen and oxygen atoms in total. The van der Waals surface area contributed by atoms with E-state index < -0.39 is 0 Å². The third-order valence-electron chi connectivity index (χ3n) is 5.14. The van der Waals surface area contributed by atoms with Gasteiger partial charge in [0.2, 0.25) is 0 Å². The van der Waals surface area contributed by atoms with Gasteiger partial charge in [-0.25, -0.2) is 0 Å². The molecular formula is C18H27ClN2O. The van der Waals surface area contributed by atoms with E-state index in [4.69, 9.17) is 11.6 Å². The minimum Gasteiger partial charge on any atom is -0.393 e. The number of rotatable bonds is 4. The highest BCUT2D eigenvalue weighted by Gasteiger charge is 2.23. The summed E-state index contributed by atoms with van der Waals surface area (Å²) in [6.07, 6.45) is 6.76. The van der Waals surface area contributed by atoms with Crippen LogP contribution in [0.3, 0.4) is 0 Å². The van der Waals surface area contributed by atoms with E-state index in [1.165, 1.54) is 31.4 Å². The normalized spacial score (nSPS) is 27.1. The SMILES string of the molecule is OC1CCCC(CNC2CCN(c3ccc(Cl)cc3)CC2)C1. The van der Waals surface area contributed by atoms with E-state index in [2.05, 4.69) is 22.3 Å². The van der Waals surface area contributed by atoms with E-state index in [0.717, 1.165) is 37.5 Å². The van der Waals surface area contributed by atoms with Gasteiger partial charge in [0, 0.05) is 29.8 Å². The summed E-state index contributed by atoms with van der Waals surface area (Å²) >= 11 is 5.95. The summed E-state index contributed by atoms with van der Waals surface area (Å²) in [7, 11) is 0. The Kier molecular flexibility index (Phi) is 5.61. The first-order chi connectivity index (χ1) is 10.7. The Morgan fingerprint density at radius 1 is 1.09 bits per heavy atom. The quantitative estimate of drug-likeness (QED) is 0.891. The number of halogens is 1. The maximum absolute atomic E-state index is 9.75. The van der Waals surface area contributed by atoms with Gasteiger partial charge in [0.05, 0.1) is 6.10 Å². The lowest BCUT2D eigenvalue weighted by Gasteiger charge is -2.35. The zero-order valence-corrected chi connectivity index (χ0v) is 13.9. The van der Waals surface area contributed by atoms with Crippen molar-refractivity contribution in [3.8, 4) is 0 Å². The van der Waals surface area contributed by atoms with E-state index in [-0.39, 0.29) is 6.10 Å². The average molecular weight is 323 g/mol. The van der Waals surface area contributed by atoms with Crippen molar-refractivity contribution in [3.05, 3.63) is 29.3 Å². The van der Waals surface area contributed by atoms with Crippen molar-refractivity contribution in [2.75, 3.05) is 24.5 Å². The maximum Gasteiger partial charge on any atom is 0.0543 e. The van der Waals surface area contributed by atoms with E-state index >= 15 is 0 Å². The van der Waals surface area contributed by atoms with Crippen molar-refractivity contribution in [1.82, 2.24) is 5.32 Å². The predicted molar refractivity (Wildman–Crippen MR) is 92.7 cm³/mol. The van der Waals surface area contributed by atoms with Crippen LogP contribution in [0.2, 0.25) is 5.02 Å². The lowest BCUT2D eigenvalue weighted by Crippen LogP contribution is -2.44. The largest absolute Gasteiger partial charge is 0.393 e. The third-order valence-corrected chi connectivity index (χ3v) is 5.39. The zero-order valence-electron chi connectivity index (χ0n) is 13.2. The minimum atomic E-state index is -0.0627. The zero-order chi connectivity index (χ0) is 15.4. The molecule has 1 aliphatic carbocycles. The lowest BCUT2D eigenvalue weighted by molar-refractivity contribution is 0.0992. The van der Waals surface area contributed by atoms with Crippen LogP contribution in [0.1, 0.15) is 38.5 Å². The fourth-order valence-electron chi connectivity index (χ4n) is 3.78. The van der Waals surface area contributed by atoms with Crippen LogP contribution in [0.4, 0.5) is 5.69 Å². The third kappa shape index (κ3) is 4.37. The molecule has 1 aromatic rings. The van der Waals surface area contributed by atoms with Crippen molar-refractivity contribution in [3.63, 3.8) is 0 Å². The first-order valence-corrected chi connectivity index (χ1v) is 9.00. The summed E-state index contributed by atoms with van der Waals surface area (Å²) in [5, 5.41) is 14.3. The molecule has 4 heteroatoms. The molecule has 1 aromatic carbocycles. The van der Waals surface area contributed by atoms with Crippen LogP contribution in [-0.4, -0.2) is 36.9 Å². The first-order valence-electron chi connectivity index (χ1n) is 8.62. The molecule has 1 saturated heterocycles. The van der Waals surface area contributed by atoms with Crippen LogP contribution in [-0.2, 0) is 0 Å². The van der Waals surface area contributed by atoms with Crippen LogP contribution in [0, 0.1) is 5.92 Å². The topological polar surface area (TPSA) is 35.5 Å². The summed E-state index contributed by atoms with van der Waals surface area (Å²) in [5.74, 6) is 0.665. The highest BCUT2D eigenvalue weighted by atomic mass is 35.5. The Morgan fingerprint density at radius 2 is 1.82 bits per heavy atom. The van der Waals surface area contributed by atoms with Gasteiger partial charge in [-0.1, -0.05) is 18.0 Å². The van der Waals surface area contributed by atoms with Gasteiger partial charge in [-0.05, 0) is 68.8 Å². The van der Waals surface area contributed by atoms with E-state index in [9.17, 15) is 5.11 Å². The molecule has 1 heterocycles. The molecule has 0 amide bonds. The van der Waals surface area contributed by atoms with Crippen LogP contribution >= 0.6 is 11.6 Å². The Labute approximate surface area is 138 Å². The van der Waals surface area contributed by atoms with Gasteiger partial charge in [0.1, 0.15) is 0 Å². The number of aliphatic hydroxyl groups excluding tert-OH is 1. The number of hydrogen-bond acceptors (Lipinski definition) is 3. The molecule has 2 fully saturated rings. The van der Waals surface area contributed by atoms with Gasteiger partial charge in [-0.2, -0.15) is 0 Å². The highest BCUT2D eigenvalue weighted by Crippen LogP contribution is 2.25. The Balaban J connectivity index is 1.41. The second-order valence-corrected chi connectivity index (χ2v) is 7.27. The van der Waals surface area contributed by atoms with Crippen LogP contribution in [0.25, 0.3) is 0 Å². The fraction of sp³-hybridized carbons (Fsp3) is 0.667. The molecule has 0 radical (unpaired) electrons. The molecule has 3 rings (SSSR count). The van der Waals surface area contributed by atoms with Gasteiger partial charge in [0.15, 0.2) is 0 Å². The van der Waals surface area contributed by atoms with Gasteiger partial charge < -0.3 is 15.3 Å². The molecule has 122 valence electrons. The van der Waals surface area contributed by atoms with Crippen LogP contribution in [0.5, 0.6) is 0 Å². The Morgan fingerprint density at radius 3 is 2.50 bits per heavy atom. The summed E-state index contributed by atoms with van der Waals surface area (Å²) in [4.78, 5) is 2.44. The number of anilines is 1. The maximum atomic E-state index is 9.75. The standard InChI is InChI=1S/C18H27ClN2O/c19-15-4-6-17(7-5-15)21-10-8-16(9-11-21)20-13-14-2-1-3-18(22)12-14/h4-7,14,16,18,20,22H,1-3,8-13H2. The van der Waals surface area contributed by atoms with E-state index in [0.29, 0.717) is 12.0 Å². The molecule has 2 unspecified atom stereocenters. The van der Waals surface area contributed by atoms with E-state index in [1.54, 1.807) is 0 Å². The summed E-state index contributed by atoms with van der Waals surface area (Å²) in [6.45, 7) is 3.28. The van der Waals surface area contributed by atoms with Crippen molar-refractivity contribution in [2.45, 2.75) is 50.7 Å². The minimum absolute atomic E-state index is 0.0627. The molecule has 0 aromatic heterocycles. The number of nitrogens with zero attached hydrogens (tertiary/aromatic N) is 1. The summed E-state index contributed by atoms with van der Waals surface area (Å²) < 4.78 is 0. The van der Waals surface area contributed by atoms with Crippen molar-refractivity contribution >= 4 is 17.3 Å².